The highest BCUT2D eigenvalue weighted by Gasteiger charge is 2.50. The molecule has 1 fully saturated rings. The van der Waals surface area contributed by atoms with Gasteiger partial charge in [-0.3, -0.25) is 14.4 Å². The second kappa shape index (κ2) is 56.3. The van der Waals surface area contributed by atoms with E-state index >= 15 is 0 Å². The third kappa shape index (κ3) is 46.0. The molecule has 0 radical (unpaired) electrons. The topological polar surface area (TPSA) is 175 Å². The van der Waals surface area contributed by atoms with Crippen molar-refractivity contribution in [1.82, 2.24) is 0 Å². The van der Waals surface area contributed by atoms with E-state index in [1.807, 2.05) is 12.2 Å². The molecule has 0 aromatic heterocycles. The molecule has 0 amide bonds. The molecular formula is C71H104O12. The second-order valence-electron chi connectivity index (χ2n) is 19.8. The summed E-state index contributed by atoms with van der Waals surface area (Å²) in [5.41, 5.74) is 0. The van der Waals surface area contributed by atoms with E-state index in [2.05, 4.69) is 191 Å². The molecule has 0 aliphatic carbocycles. The third-order valence-corrected chi connectivity index (χ3v) is 12.5. The first-order chi connectivity index (χ1) is 40.6. The van der Waals surface area contributed by atoms with Crippen LogP contribution >= 0.6 is 0 Å². The maximum atomic E-state index is 13.2. The van der Waals surface area contributed by atoms with Gasteiger partial charge in [-0.15, -0.1) is 0 Å². The van der Waals surface area contributed by atoms with Gasteiger partial charge < -0.3 is 39.0 Å². The number of allylic oxidation sites excluding steroid dienone is 30. The molecule has 0 saturated carbocycles. The molecule has 1 saturated heterocycles. The van der Waals surface area contributed by atoms with E-state index in [0.29, 0.717) is 25.7 Å². The molecule has 1 heterocycles. The van der Waals surface area contributed by atoms with Crippen molar-refractivity contribution in [2.24, 2.45) is 0 Å². The first-order valence-electron chi connectivity index (χ1n) is 30.8. The standard InChI is InChI=1S/C71H104O12/c1-4-7-10-13-16-19-22-25-28-30-32-34-37-39-42-45-48-51-54-57-63(72)79-60-62(81-64(73)58-55-52-49-46-43-40-36-27-24-21-18-15-12-9-6-3)61-80-71-69(67(76)66(75)68(83-71)70(77)78)82-65(74)59-56-53-50-47-44-41-38-35-33-31-29-26-23-20-17-14-11-8-5-2/h7-12,16-21,25-29,32-36,39,41-44,46,48,51,62,66-69,71,75-76H,4-6,13-15,22-24,30-31,37-38,40,45,47,49-50,52-61H2,1-3H3,(H,77,78)/b10-7-,11-8-,12-9-,19-16-,20-17-,21-18-,28-25-,29-26-,34-32-,35-33-,36-27-,42-39-,44-41-,46-43-,51-48-. The quantitative estimate of drug-likeness (QED) is 0.0228. The number of rotatable bonds is 49. The van der Waals surface area contributed by atoms with Gasteiger partial charge >= 0.3 is 23.9 Å². The van der Waals surface area contributed by atoms with E-state index in [4.69, 9.17) is 23.7 Å². The zero-order valence-electron chi connectivity index (χ0n) is 50.6. The number of carboxylic acids is 1. The zero-order valence-corrected chi connectivity index (χ0v) is 50.6. The largest absolute Gasteiger partial charge is 0.479 e. The van der Waals surface area contributed by atoms with Gasteiger partial charge in [0, 0.05) is 19.3 Å². The van der Waals surface area contributed by atoms with Crippen LogP contribution in [0, 0.1) is 0 Å². The summed E-state index contributed by atoms with van der Waals surface area (Å²) >= 11 is 0. The van der Waals surface area contributed by atoms with E-state index in [1.165, 1.54) is 0 Å². The fourth-order valence-corrected chi connectivity index (χ4v) is 7.88. The number of carbonyl (C=O) groups excluding carboxylic acids is 3. The number of hydrogen-bond donors (Lipinski definition) is 3. The Balaban J connectivity index is 2.78. The zero-order chi connectivity index (χ0) is 60.3. The molecule has 6 atom stereocenters. The fourth-order valence-electron chi connectivity index (χ4n) is 7.88. The molecule has 0 aromatic rings. The Hall–Kier alpha value is -6.18. The number of unbranched alkanes of at least 4 members (excludes halogenated alkanes) is 5. The van der Waals surface area contributed by atoms with Crippen LogP contribution in [0.2, 0.25) is 0 Å². The van der Waals surface area contributed by atoms with Crippen LogP contribution in [0.1, 0.15) is 188 Å². The molecule has 6 unspecified atom stereocenters. The summed E-state index contributed by atoms with van der Waals surface area (Å²) in [5.74, 6) is -3.37. The van der Waals surface area contributed by atoms with Crippen LogP contribution in [0.15, 0.2) is 182 Å². The number of aliphatic hydroxyl groups is 2. The van der Waals surface area contributed by atoms with Gasteiger partial charge in [0.25, 0.3) is 0 Å². The monoisotopic (exact) mass is 1150 g/mol. The Kier molecular flexibility index (Phi) is 50.8. The number of aliphatic hydroxyl groups excluding tert-OH is 2. The predicted octanol–water partition coefficient (Wildman–Crippen LogP) is 16.4. The average molecular weight is 1150 g/mol. The minimum atomic E-state index is -1.94. The lowest BCUT2D eigenvalue weighted by Crippen LogP contribution is -2.61. The van der Waals surface area contributed by atoms with Gasteiger partial charge in [0.15, 0.2) is 24.6 Å². The van der Waals surface area contributed by atoms with Crippen molar-refractivity contribution in [2.45, 2.75) is 225 Å². The van der Waals surface area contributed by atoms with E-state index in [0.717, 1.165) is 122 Å². The van der Waals surface area contributed by atoms with Gasteiger partial charge in [0.05, 0.1) is 6.61 Å². The summed E-state index contributed by atoms with van der Waals surface area (Å²) in [5, 5.41) is 31.5. The predicted molar refractivity (Wildman–Crippen MR) is 339 cm³/mol. The molecule has 0 spiro atoms. The van der Waals surface area contributed by atoms with Gasteiger partial charge in [-0.2, -0.15) is 0 Å². The lowest BCUT2D eigenvalue weighted by molar-refractivity contribution is -0.301. The fraction of sp³-hybridized carbons (Fsp3) is 0.521. The maximum Gasteiger partial charge on any atom is 0.335 e. The summed E-state index contributed by atoms with van der Waals surface area (Å²) < 4.78 is 28.3. The lowest BCUT2D eigenvalue weighted by Gasteiger charge is -2.40. The van der Waals surface area contributed by atoms with Crippen molar-refractivity contribution in [3.05, 3.63) is 182 Å². The highest BCUT2D eigenvalue weighted by Crippen LogP contribution is 2.26. The van der Waals surface area contributed by atoms with Crippen LogP contribution in [0.3, 0.4) is 0 Å². The van der Waals surface area contributed by atoms with Crippen molar-refractivity contribution in [2.75, 3.05) is 13.2 Å². The minimum Gasteiger partial charge on any atom is -0.479 e. The van der Waals surface area contributed by atoms with Crippen molar-refractivity contribution in [3.63, 3.8) is 0 Å². The Labute approximate surface area is 500 Å². The van der Waals surface area contributed by atoms with Crippen molar-refractivity contribution >= 4 is 23.9 Å². The first kappa shape index (κ1) is 74.8. The normalized spacial score (nSPS) is 18.9. The van der Waals surface area contributed by atoms with Gasteiger partial charge in [-0.25, -0.2) is 4.79 Å². The Morgan fingerprint density at radius 3 is 1.14 bits per heavy atom. The number of hydrogen-bond acceptors (Lipinski definition) is 11. The summed E-state index contributed by atoms with van der Waals surface area (Å²) in [6.45, 7) is 5.52. The van der Waals surface area contributed by atoms with Crippen LogP contribution in [0.25, 0.3) is 0 Å². The van der Waals surface area contributed by atoms with Crippen LogP contribution in [-0.2, 0) is 42.9 Å². The molecule has 460 valence electrons. The van der Waals surface area contributed by atoms with Crippen LogP contribution in [-0.4, -0.2) is 89.2 Å². The van der Waals surface area contributed by atoms with E-state index < -0.39 is 67.3 Å². The smallest absolute Gasteiger partial charge is 0.335 e. The van der Waals surface area contributed by atoms with Crippen LogP contribution in [0.4, 0.5) is 0 Å². The summed E-state index contributed by atoms with van der Waals surface area (Å²) in [7, 11) is 0. The second-order valence-corrected chi connectivity index (χ2v) is 19.8. The average Bonchev–Trinajstić information content (AvgIpc) is 3.57. The number of carbonyl (C=O) groups is 4. The SMILES string of the molecule is CC/C=C\C/C=C\C/C=C\C/C=C\C/C=C\C/C=C\CCC(=O)OCC(COC1OC(C(=O)O)C(O)C(O)C1OC(=O)CCCCC/C=C\C/C=C\C/C=C\C/C=C\C/C=C\CC)OC(=O)CCCC/C=C\C/C=C\C/C=C\C/C=C\CC. The van der Waals surface area contributed by atoms with Gasteiger partial charge in [-0.1, -0.05) is 209 Å². The van der Waals surface area contributed by atoms with Crippen molar-refractivity contribution < 1.29 is 58.2 Å². The summed E-state index contributed by atoms with van der Waals surface area (Å²) in [6, 6.07) is 0. The lowest BCUT2D eigenvalue weighted by atomic mass is 9.98. The van der Waals surface area contributed by atoms with E-state index in [-0.39, 0.29) is 25.9 Å². The highest BCUT2D eigenvalue weighted by molar-refractivity contribution is 5.74. The van der Waals surface area contributed by atoms with Crippen molar-refractivity contribution in [3.8, 4) is 0 Å². The molecule has 1 aliphatic rings. The molecule has 3 N–H and O–H groups in total. The molecule has 1 rings (SSSR count). The molecule has 83 heavy (non-hydrogen) atoms. The Bertz CT molecular complexity index is 2140. The Morgan fingerprint density at radius 2 is 0.747 bits per heavy atom. The molecule has 0 bridgehead atoms. The van der Waals surface area contributed by atoms with Crippen molar-refractivity contribution in [1.29, 1.82) is 0 Å². The highest BCUT2D eigenvalue weighted by atomic mass is 16.7. The van der Waals surface area contributed by atoms with Gasteiger partial charge in [0.1, 0.15) is 18.8 Å². The minimum absolute atomic E-state index is 0.00287. The summed E-state index contributed by atoms with van der Waals surface area (Å²) in [4.78, 5) is 51.2. The van der Waals surface area contributed by atoms with Crippen LogP contribution < -0.4 is 0 Å². The number of carboxylic acid groups (broad SMARTS) is 1. The Morgan fingerprint density at radius 1 is 0.398 bits per heavy atom. The first-order valence-corrected chi connectivity index (χ1v) is 30.8. The van der Waals surface area contributed by atoms with E-state index in [9.17, 15) is 34.5 Å². The molecule has 1 aliphatic heterocycles. The molecule has 12 heteroatoms. The number of ether oxygens (including phenoxy) is 5. The third-order valence-electron chi connectivity index (χ3n) is 12.5. The molecule has 0 aromatic carbocycles. The van der Waals surface area contributed by atoms with Gasteiger partial charge in [0.2, 0.25) is 0 Å². The molecular weight excluding hydrogens is 1040 g/mol. The molecule has 12 nitrogen and oxygen atoms in total. The van der Waals surface area contributed by atoms with Gasteiger partial charge in [-0.05, 0) is 141 Å². The maximum absolute atomic E-state index is 13.2. The number of esters is 3. The van der Waals surface area contributed by atoms with Crippen LogP contribution in [0.5, 0.6) is 0 Å². The van der Waals surface area contributed by atoms with E-state index in [1.54, 1.807) is 0 Å². The number of aliphatic carboxylic acids is 1. The summed E-state index contributed by atoms with van der Waals surface area (Å²) in [6.07, 6.45) is 73.0.